The normalized spacial score (nSPS) is 19.0. The molecule has 2 heterocycles. The van der Waals surface area contributed by atoms with Gasteiger partial charge in [0.1, 0.15) is 11.3 Å². The minimum Gasteiger partial charge on any atom is -0.459 e. The van der Waals surface area contributed by atoms with Crippen molar-refractivity contribution in [2.45, 2.75) is 33.2 Å². The predicted molar refractivity (Wildman–Crippen MR) is 96.9 cm³/mol. The van der Waals surface area contributed by atoms with Crippen LogP contribution < -0.4 is 0 Å². The van der Waals surface area contributed by atoms with Crippen LogP contribution in [0.25, 0.3) is 11.0 Å². The van der Waals surface area contributed by atoms with Gasteiger partial charge in [-0.1, -0.05) is 32.0 Å². The molecule has 2 aromatic rings. The van der Waals surface area contributed by atoms with Crippen LogP contribution in [0.3, 0.4) is 0 Å². The molecule has 134 valence electrons. The lowest BCUT2D eigenvalue weighted by Crippen LogP contribution is -2.36. The molecule has 0 N–H and O–H groups in total. The second-order valence-electron chi connectivity index (χ2n) is 7.41. The summed E-state index contributed by atoms with van der Waals surface area (Å²) in [5.74, 6) is 0.998. The van der Waals surface area contributed by atoms with E-state index < -0.39 is 0 Å². The van der Waals surface area contributed by atoms with Crippen molar-refractivity contribution >= 4 is 22.8 Å². The van der Waals surface area contributed by atoms with E-state index in [1.165, 1.54) is 0 Å². The maximum atomic E-state index is 12.9. The molecule has 0 unspecified atom stereocenters. The number of benzene rings is 1. The number of furan rings is 1. The van der Waals surface area contributed by atoms with Gasteiger partial charge in [-0.2, -0.15) is 0 Å². The van der Waals surface area contributed by atoms with Crippen LogP contribution in [0.4, 0.5) is 0 Å². The van der Waals surface area contributed by atoms with Gasteiger partial charge < -0.3 is 14.2 Å². The van der Waals surface area contributed by atoms with E-state index in [1.54, 1.807) is 11.9 Å². The van der Waals surface area contributed by atoms with Gasteiger partial charge in [0.25, 0.3) is 0 Å². The van der Waals surface area contributed by atoms with E-state index in [-0.39, 0.29) is 23.8 Å². The number of amides is 2. The molecule has 3 rings (SSSR count). The van der Waals surface area contributed by atoms with Crippen LogP contribution in [-0.2, 0) is 9.59 Å². The Hall–Kier alpha value is -2.30. The highest BCUT2D eigenvalue weighted by Crippen LogP contribution is 2.29. The second-order valence-corrected chi connectivity index (χ2v) is 7.41. The van der Waals surface area contributed by atoms with Gasteiger partial charge in [-0.05, 0) is 25.0 Å². The van der Waals surface area contributed by atoms with Crippen molar-refractivity contribution in [1.82, 2.24) is 9.80 Å². The number of rotatable bonds is 5. The van der Waals surface area contributed by atoms with E-state index in [1.807, 2.05) is 42.2 Å². The van der Waals surface area contributed by atoms with Gasteiger partial charge in [-0.3, -0.25) is 9.59 Å². The number of para-hydroxylation sites is 1. The summed E-state index contributed by atoms with van der Waals surface area (Å²) in [7, 11) is 1.79. The van der Waals surface area contributed by atoms with Crippen LogP contribution in [0.15, 0.2) is 34.7 Å². The van der Waals surface area contributed by atoms with E-state index >= 15 is 0 Å². The first-order chi connectivity index (χ1) is 11.9. The zero-order chi connectivity index (χ0) is 18.1. The number of nitrogens with zero attached hydrogens (tertiary/aromatic N) is 2. The highest BCUT2D eigenvalue weighted by atomic mass is 16.3. The van der Waals surface area contributed by atoms with Gasteiger partial charge in [0.2, 0.25) is 11.8 Å². The maximum Gasteiger partial charge on any atom is 0.228 e. The molecule has 0 radical (unpaired) electrons. The maximum absolute atomic E-state index is 12.9. The molecule has 0 spiro atoms. The van der Waals surface area contributed by atoms with Crippen LogP contribution in [0.2, 0.25) is 0 Å². The quantitative estimate of drug-likeness (QED) is 0.836. The standard InChI is InChI=1S/C20H26N2O3/c1-13(2)11-22-12-16(10-19(22)23)20(24)21(4)14(3)18-9-15-7-5-6-8-17(15)25-18/h5-9,13-14,16H,10-12H2,1-4H3/t14-,16+/m1/s1. The molecular formula is C20H26N2O3. The molecule has 1 aromatic heterocycles. The van der Waals surface area contributed by atoms with E-state index in [2.05, 4.69) is 13.8 Å². The summed E-state index contributed by atoms with van der Waals surface area (Å²) in [5, 5.41) is 1.03. The van der Waals surface area contributed by atoms with Gasteiger partial charge >= 0.3 is 0 Å². The van der Waals surface area contributed by atoms with Gasteiger partial charge in [-0.15, -0.1) is 0 Å². The van der Waals surface area contributed by atoms with Crippen LogP contribution in [-0.4, -0.2) is 41.8 Å². The Bertz CT molecular complexity index is 747. The first-order valence-corrected chi connectivity index (χ1v) is 8.89. The lowest BCUT2D eigenvalue weighted by atomic mass is 10.1. The summed E-state index contributed by atoms with van der Waals surface area (Å²) in [5.41, 5.74) is 0.823. The minimum atomic E-state index is -0.261. The smallest absolute Gasteiger partial charge is 0.228 e. The third kappa shape index (κ3) is 3.55. The molecule has 0 aliphatic carbocycles. The van der Waals surface area contributed by atoms with Crippen LogP contribution >= 0.6 is 0 Å². The molecule has 5 nitrogen and oxygen atoms in total. The number of fused-ring (bicyclic) bond motifs is 1. The Kier molecular flexibility index (Phi) is 4.84. The van der Waals surface area contributed by atoms with Crippen LogP contribution in [0.1, 0.15) is 39.0 Å². The number of hydrogen-bond donors (Lipinski definition) is 0. The molecule has 2 atom stereocenters. The molecule has 1 aliphatic heterocycles. The van der Waals surface area contributed by atoms with Crippen molar-refractivity contribution in [1.29, 1.82) is 0 Å². The Balaban J connectivity index is 1.70. The van der Waals surface area contributed by atoms with Crippen LogP contribution in [0.5, 0.6) is 0 Å². The Morgan fingerprint density at radius 3 is 2.72 bits per heavy atom. The molecule has 1 aliphatic rings. The van der Waals surface area contributed by atoms with Gasteiger partial charge in [0.05, 0.1) is 12.0 Å². The Morgan fingerprint density at radius 2 is 2.04 bits per heavy atom. The Morgan fingerprint density at radius 1 is 1.32 bits per heavy atom. The number of hydrogen-bond acceptors (Lipinski definition) is 3. The average molecular weight is 342 g/mol. The van der Waals surface area contributed by atoms with Crippen LogP contribution in [0, 0.1) is 11.8 Å². The SMILES string of the molecule is CC(C)CN1C[C@@H](C(=O)N(C)[C@H](C)c2cc3ccccc3o2)CC1=O. The zero-order valence-electron chi connectivity index (χ0n) is 15.4. The fraction of sp³-hybridized carbons (Fsp3) is 0.500. The number of likely N-dealkylation sites (tertiary alicyclic amines) is 1. The van der Waals surface area contributed by atoms with E-state index in [4.69, 9.17) is 4.42 Å². The van der Waals surface area contributed by atoms with E-state index in [0.29, 0.717) is 25.4 Å². The van der Waals surface area contributed by atoms with Crippen molar-refractivity contribution in [3.63, 3.8) is 0 Å². The molecule has 1 saturated heterocycles. The van der Waals surface area contributed by atoms with Crippen molar-refractivity contribution in [3.8, 4) is 0 Å². The van der Waals surface area contributed by atoms with Gasteiger partial charge in [0.15, 0.2) is 0 Å². The molecular weight excluding hydrogens is 316 g/mol. The number of carbonyl (C=O) groups is 2. The summed E-state index contributed by atoms with van der Waals surface area (Å²) in [6, 6.07) is 9.63. The molecule has 1 aromatic carbocycles. The Labute approximate surface area is 148 Å². The largest absolute Gasteiger partial charge is 0.459 e. The van der Waals surface area contributed by atoms with Crippen molar-refractivity contribution in [2.75, 3.05) is 20.1 Å². The minimum absolute atomic E-state index is 0.00700. The third-order valence-corrected chi connectivity index (χ3v) is 4.93. The molecule has 1 fully saturated rings. The second kappa shape index (κ2) is 6.90. The molecule has 25 heavy (non-hydrogen) atoms. The molecule has 5 heteroatoms. The predicted octanol–water partition coefficient (Wildman–Crippen LogP) is 3.46. The fourth-order valence-electron chi connectivity index (χ4n) is 3.43. The number of carbonyl (C=O) groups excluding carboxylic acids is 2. The van der Waals surface area contributed by atoms with Gasteiger partial charge in [-0.25, -0.2) is 0 Å². The van der Waals surface area contributed by atoms with Crippen molar-refractivity contribution in [3.05, 3.63) is 36.1 Å². The zero-order valence-corrected chi connectivity index (χ0v) is 15.4. The summed E-state index contributed by atoms with van der Waals surface area (Å²) >= 11 is 0. The van der Waals surface area contributed by atoms with E-state index in [0.717, 1.165) is 16.7 Å². The average Bonchev–Trinajstić information content (AvgIpc) is 3.16. The van der Waals surface area contributed by atoms with E-state index in [9.17, 15) is 9.59 Å². The first kappa shape index (κ1) is 17.5. The van der Waals surface area contributed by atoms with Crippen molar-refractivity contribution in [2.24, 2.45) is 11.8 Å². The molecule has 0 bridgehead atoms. The monoisotopic (exact) mass is 342 g/mol. The lowest BCUT2D eigenvalue weighted by molar-refractivity contribution is -0.136. The summed E-state index contributed by atoms with van der Waals surface area (Å²) in [6.45, 7) is 7.35. The van der Waals surface area contributed by atoms with Gasteiger partial charge in [0, 0.05) is 31.9 Å². The summed E-state index contributed by atoms with van der Waals surface area (Å²) in [6.07, 6.45) is 0.308. The highest BCUT2D eigenvalue weighted by Gasteiger charge is 2.37. The summed E-state index contributed by atoms with van der Waals surface area (Å²) in [4.78, 5) is 28.5. The molecule has 0 saturated carbocycles. The third-order valence-electron chi connectivity index (χ3n) is 4.93. The summed E-state index contributed by atoms with van der Waals surface area (Å²) < 4.78 is 5.89. The molecule has 2 amide bonds. The first-order valence-electron chi connectivity index (χ1n) is 8.89. The van der Waals surface area contributed by atoms with Crippen molar-refractivity contribution < 1.29 is 14.0 Å². The lowest BCUT2D eigenvalue weighted by Gasteiger charge is -2.26. The topological polar surface area (TPSA) is 53.8 Å². The fourth-order valence-corrected chi connectivity index (χ4v) is 3.43. The highest BCUT2D eigenvalue weighted by molar-refractivity contribution is 5.89.